The smallest absolute Gasteiger partial charge is 0.237 e. The predicted octanol–water partition coefficient (Wildman–Crippen LogP) is 3.19. The zero-order valence-corrected chi connectivity index (χ0v) is 14.7. The molecular weight excluding hydrogens is 341 g/mol. The number of rotatable bonds is 5. The number of carbonyl (C=O) groups excluding carboxylic acids is 1. The molecule has 1 aliphatic rings. The highest BCUT2D eigenvalue weighted by Crippen LogP contribution is 2.23. The van der Waals surface area contributed by atoms with Gasteiger partial charge in [-0.1, -0.05) is 36.9 Å². The molecule has 0 spiro atoms. The van der Waals surface area contributed by atoms with Gasteiger partial charge >= 0.3 is 0 Å². The van der Waals surface area contributed by atoms with Crippen molar-refractivity contribution in [1.29, 1.82) is 0 Å². The molecule has 2 rings (SSSR count). The van der Waals surface area contributed by atoms with Gasteiger partial charge in [-0.2, -0.15) is 0 Å². The summed E-state index contributed by atoms with van der Waals surface area (Å²) >= 11 is 5.86. The summed E-state index contributed by atoms with van der Waals surface area (Å²) in [4.78, 5) is 13.8. The molecule has 1 aromatic rings. The van der Waals surface area contributed by atoms with Crippen LogP contribution in [0.5, 0.6) is 0 Å². The lowest BCUT2D eigenvalue weighted by atomic mass is 9.94. The van der Waals surface area contributed by atoms with Crippen molar-refractivity contribution in [2.24, 2.45) is 0 Å². The molecule has 23 heavy (non-hydrogen) atoms. The minimum atomic E-state index is -3.65. The summed E-state index contributed by atoms with van der Waals surface area (Å²) in [6.45, 7) is 0. The van der Waals surface area contributed by atoms with Gasteiger partial charge in [-0.15, -0.1) is 0 Å². The van der Waals surface area contributed by atoms with Crippen LogP contribution < -0.4 is 0 Å². The molecule has 0 radical (unpaired) electrons. The zero-order chi connectivity index (χ0) is 17.0. The SMILES string of the molecule is CN(C(=O)CS(=O)(=O)Cc1ccc(F)cc1Cl)C1CCCCC1. The molecule has 1 amide bonds. The second kappa shape index (κ2) is 7.62. The molecule has 1 saturated carbocycles. The van der Waals surface area contributed by atoms with Crippen molar-refractivity contribution in [1.82, 2.24) is 4.90 Å². The molecule has 4 nitrogen and oxygen atoms in total. The number of hydrogen-bond acceptors (Lipinski definition) is 3. The first-order valence-corrected chi connectivity index (χ1v) is 9.88. The first-order chi connectivity index (χ1) is 10.8. The van der Waals surface area contributed by atoms with E-state index >= 15 is 0 Å². The molecule has 0 saturated heterocycles. The first kappa shape index (κ1) is 18.2. The third kappa shape index (κ3) is 5.18. The summed E-state index contributed by atoms with van der Waals surface area (Å²) in [6.07, 6.45) is 5.15. The van der Waals surface area contributed by atoms with Crippen molar-refractivity contribution in [2.75, 3.05) is 12.8 Å². The van der Waals surface area contributed by atoms with Crippen LogP contribution in [0.3, 0.4) is 0 Å². The quantitative estimate of drug-likeness (QED) is 0.809. The topological polar surface area (TPSA) is 54.5 Å². The van der Waals surface area contributed by atoms with Gasteiger partial charge in [-0.05, 0) is 30.5 Å². The van der Waals surface area contributed by atoms with Crippen molar-refractivity contribution < 1.29 is 17.6 Å². The highest BCUT2D eigenvalue weighted by atomic mass is 35.5. The first-order valence-electron chi connectivity index (χ1n) is 7.68. The van der Waals surface area contributed by atoms with Crippen LogP contribution in [0.1, 0.15) is 37.7 Å². The number of nitrogens with zero attached hydrogens (tertiary/aromatic N) is 1. The third-order valence-corrected chi connectivity index (χ3v) is 6.04. The molecule has 0 bridgehead atoms. The zero-order valence-electron chi connectivity index (χ0n) is 13.1. The number of hydrogen-bond donors (Lipinski definition) is 0. The van der Waals surface area contributed by atoms with E-state index in [0.29, 0.717) is 5.56 Å². The molecule has 0 unspecified atom stereocenters. The summed E-state index contributed by atoms with van der Waals surface area (Å²) < 4.78 is 37.5. The molecule has 0 atom stereocenters. The monoisotopic (exact) mass is 361 g/mol. The van der Waals surface area contributed by atoms with E-state index < -0.39 is 27.3 Å². The van der Waals surface area contributed by atoms with Gasteiger partial charge < -0.3 is 4.90 Å². The second-order valence-corrected chi connectivity index (χ2v) is 8.54. The van der Waals surface area contributed by atoms with Crippen LogP contribution in [-0.2, 0) is 20.4 Å². The minimum Gasteiger partial charge on any atom is -0.342 e. The van der Waals surface area contributed by atoms with Gasteiger partial charge in [0.05, 0.1) is 5.75 Å². The Kier molecular flexibility index (Phi) is 6.03. The van der Waals surface area contributed by atoms with E-state index in [1.54, 1.807) is 11.9 Å². The van der Waals surface area contributed by atoms with E-state index in [-0.39, 0.29) is 16.8 Å². The van der Waals surface area contributed by atoms with E-state index in [2.05, 4.69) is 0 Å². The van der Waals surface area contributed by atoms with Crippen LogP contribution in [0.2, 0.25) is 5.02 Å². The van der Waals surface area contributed by atoms with Gasteiger partial charge in [-0.25, -0.2) is 12.8 Å². The van der Waals surface area contributed by atoms with Crippen molar-refractivity contribution in [2.45, 2.75) is 43.9 Å². The van der Waals surface area contributed by atoms with Crippen LogP contribution in [-0.4, -0.2) is 38.1 Å². The molecule has 1 fully saturated rings. The molecule has 0 N–H and O–H groups in total. The maximum Gasteiger partial charge on any atom is 0.237 e. The summed E-state index contributed by atoms with van der Waals surface area (Å²) in [7, 11) is -1.99. The molecule has 1 aliphatic carbocycles. The summed E-state index contributed by atoms with van der Waals surface area (Å²) in [5.41, 5.74) is 0.307. The van der Waals surface area contributed by atoms with E-state index in [1.165, 1.54) is 12.5 Å². The molecule has 128 valence electrons. The van der Waals surface area contributed by atoms with Crippen molar-refractivity contribution in [3.63, 3.8) is 0 Å². The van der Waals surface area contributed by atoms with Crippen LogP contribution in [0.4, 0.5) is 4.39 Å². The van der Waals surface area contributed by atoms with Gasteiger partial charge in [0.25, 0.3) is 0 Å². The molecule has 0 heterocycles. The number of carbonyl (C=O) groups is 1. The van der Waals surface area contributed by atoms with Gasteiger partial charge in [0.2, 0.25) is 5.91 Å². The Morgan fingerprint density at radius 2 is 1.96 bits per heavy atom. The van der Waals surface area contributed by atoms with Crippen LogP contribution in [0, 0.1) is 5.82 Å². The second-order valence-electron chi connectivity index (χ2n) is 6.06. The lowest BCUT2D eigenvalue weighted by Crippen LogP contribution is -2.41. The Hall–Kier alpha value is -1.14. The van der Waals surface area contributed by atoms with Crippen molar-refractivity contribution in [3.8, 4) is 0 Å². The number of sulfone groups is 1. The Labute approximate surface area is 141 Å². The fourth-order valence-corrected chi connectivity index (χ4v) is 4.61. The summed E-state index contributed by atoms with van der Waals surface area (Å²) in [5, 5.41) is 0.0571. The highest BCUT2D eigenvalue weighted by molar-refractivity contribution is 7.91. The fraction of sp³-hybridized carbons (Fsp3) is 0.562. The van der Waals surface area contributed by atoms with Gasteiger partial charge in [0.15, 0.2) is 9.84 Å². The normalized spacial score (nSPS) is 16.3. The molecule has 0 aromatic heterocycles. The Bertz CT molecular complexity index is 672. The van der Waals surface area contributed by atoms with Gasteiger partial charge in [0.1, 0.15) is 11.6 Å². The number of benzene rings is 1. The lowest BCUT2D eigenvalue weighted by Gasteiger charge is -2.31. The van der Waals surface area contributed by atoms with Crippen LogP contribution >= 0.6 is 11.6 Å². The molecular formula is C16H21ClFNO3S. The number of amides is 1. The van der Waals surface area contributed by atoms with Crippen LogP contribution in [0.15, 0.2) is 18.2 Å². The van der Waals surface area contributed by atoms with Gasteiger partial charge in [-0.3, -0.25) is 4.79 Å². The average molecular weight is 362 g/mol. The van der Waals surface area contributed by atoms with E-state index in [9.17, 15) is 17.6 Å². The molecule has 7 heteroatoms. The van der Waals surface area contributed by atoms with E-state index in [4.69, 9.17) is 11.6 Å². The third-order valence-electron chi connectivity index (χ3n) is 4.25. The summed E-state index contributed by atoms with van der Waals surface area (Å²) in [6, 6.07) is 3.69. The predicted molar refractivity (Wildman–Crippen MR) is 88.5 cm³/mol. The largest absolute Gasteiger partial charge is 0.342 e. The fourth-order valence-electron chi connectivity index (χ4n) is 2.89. The maximum absolute atomic E-state index is 13.0. The summed E-state index contributed by atoms with van der Waals surface area (Å²) in [5.74, 6) is -1.83. The minimum absolute atomic E-state index is 0.0571. The number of halogens is 2. The Balaban J connectivity index is 2.00. The highest BCUT2D eigenvalue weighted by Gasteiger charge is 2.26. The molecule has 1 aromatic carbocycles. The van der Waals surface area contributed by atoms with E-state index in [1.807, 2.05) is 0 Å². The molecule has 0 aliphatic heterocycles. The van der Waals surface area contributed by atoms with Gasteiger partial charge in [0, 0.05) is 18.1 Å². The maximum atomic E-state index is 13.0. The average Bonchev–Trinajstić information content (AvgIpc) is 2.49. The Morgan fingerprint density at radius 1 is 1.30 bits per heavy atom. The van der Waals surface area contributed by atoms with Crippen LogP contribution in [0.25, 0.3) is 0 Å². The lowest BCUT2D eigenvalue weighted by molar-refractivity contribution is -0.129. The van der Waals surface area contributed by atoms with Crippen molar-refractivity contribution >= 4 is 27.3 Å². The van der Waals surface area contributed by atoms with E-state index in [0.717, 1.165) is 37.8 Å². The Morgan fingerprint density at radius 3 is 2.57 bits per heavy atom. The van der Waals surface area contributed by atoms with Crippen molar-refractivity contribution in [3.05, 3.63) is 34.6 Å². The standard InChI is InChI=1S/C16H21ClFNO3S/c1-19(14-5-3-2-4-6-14)16(20)11-23(21,22)10-12-7-8-13(18)9-15(12)17/h7-9,14H,2-6,10-11H2,1H3.